The number of anilines is 1. The van der Waals surface area contributed by atoms with Crippen molar-refractivity contribution >= 4 is 23.3 Å². The van der Waals surface area contributed by atoms with Crippen LogP contribution in [0, 0.1) is 20.8 Å². The molecule has 2 aromatic carbocycles. The predicted molar refractivity (Wildman–Crippen MR) is 94.6 cm³/mol. The molecule has 0 atom stereocenters. The van der Waals surface area contributed by atoms with Crippen LogP contribution in [0.15, 0.2) is 36.4 Å². The molecule has 0 heterocycles. The Bertz CT molecular complexity index is 701. The van der Waals surface area contributed by atoms with Crippen molar-refractivity contribution in [2.45, 2.75) is 20.8 Å². The number of urea groups is 1. The quantitative estimate of drug-likeness (QED) is 0.794. The molecule has 0 saturated carbocycles. The number of aryl methyl sites for hydroxylation is 2. The lowest BCUT2D eigenvalue weighted by molar-refractivity contribution is 0.247. The zero-order chi connectivity index (χ0) is 16.8. The van der Waals surface area contributed by atoms with Crippen LogP contribution in [0.2, 0.25) is 5.02 Å². The Balaban J connectivity index is 1.79. The number of nitrogens with one attached hydrogen (secondary N) is 2. The molecule has 23 heavy (non-hydrogen) atoms. The minimum absolute atomic E-state index is 0.284. The fourth-order valence-electron chi connectivity index (χ4n) is 2.21. The lowest BCUT2D eigenvalue weighted by Crippen LogP contribution is -2.32. The van der Waals surface area contributed by atoms with E-state index in [1.54, 1.807) is 24.3 Å². The standard InChI is InChI=1S/C18H21ClN2O2/c1-12-7-8-13(2)17(14(12)3)23-10-9-20-18(22)21-16-6-4-5-15(19)11-16/h4-8,11H,9-10H2,1-3H3,(H2,20,21,22). The van der Waals surface area contributed by atoms with Crippen LogP contribution in [-0.4, -0.2) is 19.2 Å². The van der Waals surface area contributed by atoms with Crippen molar-refractivity contribution in [1.29, 1.82) is 0 Å². The van der Waals surface area contributed by atoms with Crippen LogP contribution in [0.3, 0.4) is 0 Å². The van der Waals surface area contributed by atoms with Gasteiger partial charge < -0.3 is 15.4 Å². The van der Waals surface area contributed by atoms with Crippen LogP contribution in [0.25, 0.3) is 0 Å². The molecule has 2 N–H and O–H groups in total. The first-order valence-electron chi connectivity index (χ1n) is 7.47. The van der Waals surface area contributed by atoms with Crippen molar-refractivity contribution in [2.24, 2.45) is 0 Å². The zero-order valence-electron chi connectivity index (χ0n) is 13.6. The largest absolute Gasteiger partial charge is 0.491 e. The highest BCUT2D eigenvalue weighted by Gasteiger charge is 2.07. The third-order valence-electron chi connectivity index (χ3n) is 3.59. The molecule has 0 aliphatic carbocycles. The number of hydrogen-bond acceptors (Lipinski definition) is 2. The second-order valence-electron chi connectivity index (χ2n) is 5.39. The molecule has 0 radical (unpaired) electrons. The minimum Gasteiger partial charge on any atom is -0.491 e. The summed E-state index contributed by atoms with van der Waals surface area (Å²) in [5, 5.41) is 6.06. The lowest BCUT2D eigenvalue weighted by Gasteiger charge is -2.14. The van der Waals surface area contributed by atoms with Crippen LogP contribution < -0.4 is 15.4 Å². The van der Waals surface area contributed by atoms with E-state index in [4.69, 9.17) is 16.3 Å². The van der Waals surface area contributed by atoms with E-state index < -0.39 is 0 Å². The van der Waals surface area contributed by atoms with Crippen molar-refractivity contribution in [2.75, 3.05) is 18.5 Å². The zero-order valence-corrected chi connectivity index (χ0v) is 14.3. The lowest BCUT2D eigenvalue weighted by atomic mass is 10.1. The van der Waals surface area contributed by atoms with Gasteiger partial charge in [0, 0.05) is 10.7 Å². The van der Waals surface area contributed by atoms with Gasteiger partial charge in [0.05, 0.1) is 6.54 Å². The van der Waals surface area contributed by atoms with Gasteiger partial charge in [-0.2, -0.15) is 0 Å². The molecule has 2 amide bonds. The fraction of sp³-hybridized carbons (Fsp3) is 0.278. The summed E-state index contributed by atoms with van der Waals surface area (Å²) in [4.78, 5) is 11.8. The van der Waals surface area contributed by atoms with Gasteiger partial charge in [0.2, 0.25) is 0 Å². The molecule has 0 aromatic heterocycles. The Morgan fingerprint density at radius 1 is 1.13 bits per heavy atom. The summed E-state index contributed by atoms with van der Waals surface area (Å²) in [7, 11) is 0. The summed E-state index contributed by atoms with van der Waals surface area (Å²) in [6.45, 7) is 6.93. The molecule has 2 rings (SSSR count). The third kappa shape index (κ3) is 4.89. The van der Waals surface area contributed by atoms with Gasteiger partial charge in [0.1, 0.15) is 12.4 Å². The second kappa shape index (κ2) is 7.88. The average Bonchev–Trinajstić information content (AvgIpc) is 2.50. The van der Waals surface area contributed by atoms with E-state index in [0.717, 1.165) is 16.9 Å². The molecule has 0 unspecified atom stereocenters. The molecule has 5 heteroatoms. The predicted octanol–water partition coefficient (Wildman–Crippen LogP) is 4.47. The highest BCUT2D eigenvalue weighted by molar-refractivity contribution is 6.30. The molecule has 4 nitrogen and oxygen atoms in total. The molecule has 2 aromatic rings. The second-order valence-corrected chi connectivity index (χ2v) is 5.83. The first kappa shape index (κ1) is 17.2. The van der Waals surface area contributed by atoms with Crippen LogP contribution in [0.4, 0.5) is 10.5 Å². The maximum absolute atomic E-state index is 11.8. The van der Waals surface area contributed by atoms with Gasteiger partial charge in [-0.05, 0) is 55.7 Å². The summed E-state index contributed by atoms with van der Waals surface area (Å²) in [5.74, 6) is 0.891. The monoisotopic (exact) mass is 332 g/mol. The Morgan fingerprint density at radius 2 is 1.87 bits per heavy atom. The first-order valence-corrected chi connectivity index (χ1v) is 7.85. The Hall–Kier alpha value is -2.20. The van der Waals surface area contributed by atoms with Crippen LogP contribution in [-0.2, 0) is 0 Å². The van der Waals surface area contributed by atoms with Crippen LogP contribution in [0.1, 0.15) is 16.7 Å². The number of ether oxygens (including phenoxy) is 1. The van der Waals surface area contributed by atoms with E-state index >= 15 is 0 Å². The number of amides is 2. The van der Waals surface area contributed by atoms with Crippen molar-refractivity contribution in [3.05, 3.63) is 58.1 Å². The normalized spacial score (nSPS) is 10.3. The van der Waals surface area contributed by atoms with E-state index in [2.05, 4.69) is 23.6 Å². The van der Waals surface area contributed by atoms with E-state index in [-0.39, 0.29) is 6.03 Å². The summed E-state index contributed by atoms with van der Waals surface area (Å²) in [6, 6.07) is 10.8. The fourth-order valence-corrected chi connectivity index (χ4v) is 2.40. The maximum Gasteiger partial charge on any atom is 0.319 e. The van der Waals surface area contributed by atoms with E-state index in [1.807, 2.05) is 19.9 Å². The number of rotatable bonds is 5. The number of benzene rings is 2. The van der Waals surface area contributed by atoms with Gasteiger partial charge in [0.25, 0.3) is 0 Å². The third-order valence-corrected chi connectivity index (χ3v) is 3.83. The van der Waals surface area contributed by atoms with Crippen LogP contribution in [0.5, 0.6) is 5.75 Å². The van der Waals surface area contributed by atoms with Gasteiger partial charge in [-0.1, -0.05) is 29.8 Å². The van der Waals surface area contributed by atoms with Gasteiger partial charge in [-0.3, -0.25) is 0 Å². The van der Waals surface area contributed by atoms with E-state index in [1.165, 1.54) is 5.56 Å². The molecule has 122 valence electrons. The van der Waals surface area contributed by atoms with Crippen molar-refractivity contribution in [3.63, 3.8) is 0 Å². The molecular weight excluding hydrogens is 312 g/mol. The van der Waals surface area contributed by atoms with Crippen LogP contribution >= 0.6 is 11.6 Å². The SMILES string of the molecule is Cc1ccc(C)c(OCCNC(=O)Nc2cccc(Cl)c2)c1C. The Labute approximate surface area is 141 Å². The van der Waals surface area contributed by atoms with E-state index in [0.29, 0.717) is 23.9 Å². The highest BCUT2D eigenvalue weighted by atomic mass is 35.5. The summed E-state index contributed by atoms with van der Waals surface area (Å²) >= 11 is 5.87. The summed E-state index contributed by atoms with van der Waals surface area (Å²) in [5.41, 5.74) is 4.07. The van der Waals surface area contributed by atoms with Crippen molar-refractivity contribution in [3.8, 4) is 5.75 Å². The van der Waals surface area contributed by atoms with Gasteiger partial charge in [-0.25, -0.2) is 4.79 Å². The molecular formula is C18H21ClN2O2. The highest BCUT2D eigenvalue weighted by Crippen LogP contribution is 2.25. The van der Waals surface area contributed by atoms with Crippen molar-refractivity contribution in [1.82, 2.24) is 5.32 Å². The van der Waals surface area contributed by atoms with Gasteiger partial charge in [0.15, 0.2) is 0 Å². The Morgan fingerprint density at radius 3 is 2.61 bits per heavy atom. The topological polar surface area (TPSA) is 50.4 Å². The van der Waals surface area contributed by atoms with Gasteiger partial charge in [-0.15, -0.1) is 0 Å². The van der Waals surface area contributed by atoms with Crippen molar-refractivity contribution < 1.29 is 9.53 Å². The number of hydrogen-bond donors (Lipinski definition) is 2. The summed E-state index contributed by atoms with van der Waals surface area (Å²) in [6.07, 6.45) is 0. The molecule has 0 bridgehead atoms. The Kier molecular flexibility index (Phi) is 5.88. The first-order chi connectivity index (χ1) is 11.0. The van der Waals surface area contributed by atoms with E-state index in [9.17, 15) is 4.79 Å². The molecule has 0 aliphatic heterocycles. The number of halogens is 1. The number of carbonyl (C=O) groups is 1. The smallest absolute Gasteiger partial charge is 0.319 e. The minimum atomic E-state index is -0.284. The molecule has 0 fully saturated rings. The average molecular weight is 333 g/mol. The summed E-state index contributed by atoms with van der Waals surface area (Å²) < 4.78 is 5.80. The van der Waals surface area contributed by atoms with Gasteiger partial charge >= 0.3 is 6.03 Å². The number of carbonyl (C=O) groups excluding carboxylic acids is 1. The molecule has 0 saturated heterocycles. The molecule has 0 aliphatic rings. The maximum atomic E-state index is 11.8. The molecule has 0 spiro atoms.